The van der Waals surface area contributed by atoms with E-state index in [1.54, 1.807) is 23.3 Å². The maximum absolute atomic E-state index is 12.9. The lowest BCUT2D eigenvalue weighted by atomic mass is 10.0. The number of nitrogens with zero attached hydrogens (tertiary/aromatic N) is 1. The molecule has 0 saturated carbocycles. The lowest BCUT2D eigenvalue weighted by Gasteiger charge is -2.34. The number of hydrogen-bond donors (Lipinski definition) is 1. The molecule has 1 unspecified atom stereocenters. The van der Waals surface area contributed by atoms with E-state index < -0.39 is 0 Å². The summed E-state index contributed by atoms with van der Waals surface area (Å²) in [4.78, 5) is 28.9. The number of hydrogen-bond acceptors (Lipinski definition) is 3. The number of fused-ring (bicyclic) bond motifs is 1. The van der Waals surface area contributed by atoms with Gasteiger partial charge in [-0.3, -0.25) is 9.59 Å². The molecule has 3 rings (SSSR count). The summed E-state index contributed by atoms with van der Waals surface area (Å²) in [7, 11) is 1.65. The molecule has 4 nitrogen and oxygen atoms in total. The second kappa shape index (κ2) is 6.82. The molecule has 1 fully saturated rings. The van der Waals surface area contributed by atoms with Gasteiger partial charge in [0.2, 0.25) is 5.91 Å². The van der Waals surface area contributed by atoms with E-state index in [1.165, 1.54) is 29.7 Å². The summed E-state index contributed by atoms with van der Waals surface area (Å²) < 4.78 is 0. The van der Waals surface area contributed by atoms with Crippen LogP contribution in [-0.4, -0.2) is 36.3 Å². The molecule has 120 valence electrons. The van der Waals surface area contributed by atoms with Crippen molar-refractivity contribution in [1.29, 1.82) is 0 Å². The minimum absolute atomic E-state index is 0.0360. The second-order valence-electron chi connectivity index (χ2n) is 6.24. The number of likely N-dealkylation sites (tertiary alicyclic amines) is 1. The lowest BCUT2D eigenvalue weighted by molar-refractivity contribution is -0.126. The summed E-state index contributed by atoms with van der Waals surface area (Å²) in [5.74, 6) is 0.0116. The summed E-state index contributed by atoms with van der Waals surface area (Å²) >= 11 is 1.65. The monoisotopic (exact) mass is 320 g/mol. The third kappa shape index (κ3) is 3.05. The van der Waals surface area contributed by atoms with Gasteiger partial charge in [-0.05, 0) is 56.6 Å². The largest absolute Gasteiger partial charge is 0.357 e. The van der Waals surface area contributed by atoms with E-state index in [1.807, 2.05) is 0 Å². The van der Waals surface area contributed by atoms with Gasteiger partial charge in [0.1, 0.15) is 6.04 Å². The molecule has 1 aromatic rings. The molecule has 1 aromatic heterocycles. The van der Waals surface area contributed by atoms with Gasteiger partial charge >= 0.3 is 0 Å². The predicted molar refractivity (Wildman–Crippen MR) is 88.3 cm³/mol. The molecule has 0 spiro atoms. The zero-order chi connectivity index (χ0) is 15.5. The van der Waals surface area contributed by atoms with Gasteiger partial charge in [0.15, 0.2) is 0 Å². The molecule has 0 bridgehead atoms. The van der Waals surface area contributed by atoms with Crippen LogP contribution in [0.2, 0.25) is 0 Å². The SMILES string of the molecule is CNC(=O)C1CCCCN1C(=O)c1cc2c(s1)CCCCC2. The van der Waals surface area contributed by atoms with Crippen LogP contribution >= 0.6 is 11.3 Å². The highest BCUT2D eigenvalue weighted by atomic mass is 32.1. The molecular formula is C17H24N2O2S. The van der Waals surface area contributed by atoms with Gasteiger partial charge in [-0.1, -0.05) is 6.42 Å². The van der Waals surface area contributed by atoms with E-state index in [0.29, 0.717) is 6.54 Å². The van der Waals surface area contributed by atoms with Gasteiger partial charge in [-0.25, -0.2) is 0 Å². The van der Waals surface area contributed by atoms with Crippen LogP contribution in [0.3, 0.4) is 0 Å². The number of amides is 2. The molecule has 2 heterocycles. The van der Waals surface area contributed by atoms with Gasteiger partial charge in [-0.2, -0.15) is 0 Å². The Bertz CT molecular complexity index is 544. The topological polar surface area (TPSA) is 49.4 Å². The first-order valence-electron chi connectivity index (χ1n) is 8.35. The fraction of sp³-hybridized carbons (Fsp3) is 0.647. The van der Waals surface area contributed by atoms with Crippen LogP contribution in [0.25, 0.3) is 0 Å². The van der Waals surface area contributed by atoms with Crippen molar-refractivity contribution in [1.82, 2.24) is 10.2 Å². The van der Waals surface area contributed by atoms with Crippen LogP contribution in [0, 0.1) is 0 Å². The Balaban J connectivity index is 1.81. The van der Waals surface area contributed by atoms with E-state index in [2.05, 4.69) is 11.4 Å². The summed E-state index contributed by atoms with van der Waals surface area (Å²) in [6.07, 6.45) is 8.72. The van der Waals surface area contributed by atoms with Crippen LogP contribution in [0.5, 0.6) is 0 Å². The van der Waals surface area contributed by atoms with Gasteiger partial charge in [0.05, 0.1) is 4.88 Å². The van der Waals surface area contributed by atoms with E-state index in [-0.39, 0.29) is 17.9 Å². The van der Waals surface area contributed by atoms with Crippen molar-refractivity contribution in [2.75, 3.05) is 13.6 Å². The van der Waals surface area contributed by atoms with Crippen LogP contribution in [-0.2, 0) is 17.6 Å². The van der Waals surface area contributed by atoms with Crippen LogP contribution < -0.4 is 5.32 Å². The third-order valence-corrected chi connectivity index (χ3v) is 6.00. The summed E-state index contributed by atoms with van der Waals surface area (Å²) in [5, 5.41) is 2.70. The van der Waals surface area contributed by atoms with Crippen LogP contribution in [0.15, 0.2) is 6.07 Å². The van der Waals surface area contributed by atoms with Crippen molar-refractivity contribution >= 4 is 23.2 Å². The van der Waals surface area contributed by atoms with E-state index >= 15 is 0 Å². The molecule has 0 radical (unpaired) electrons. The Kier molecular flexibility index (Phi) is 4.81. The second-order valence-corrected chi connectivity index (χ2v) is 7.38. The molecule has 2 aliphatic rings. The van der Waals surface area contributed by atoms with Gasteiger partial charge in [0.25, 0.3) is 5.91 Å². The highest BCUT2D eigenvalue weighted by Gasteiger charge is 2.33. The quantitative estimate of drug-likeness (QED) is 0.852. The van der Waals surface area contributed by atoms with E-state index in [9.17, 15) is 9.59 Å². The van der Waals surface area contributed by atoms with E-state index in [0.717, 1.165) is 37.0 Å². The number of rotatable bonds is 2. The molecule has 22 heavy (non-hydrogen) atoms. The summed E-state index contributed by atoms with van der Waals surface area (Å²) in [6, 6.07) is 1.79. The Morgan fingerprint density at radius 2 is 2.00 bits per heavy atom. The minimum atomic E-state index is -0.298. The molecule has 1 atom stereocenters. The lowest BCUT2D eigenvalue weighted by Crippen LogP contribution is -2.51. The highest BCUT2D eigenvalue weighted by Crippen LogP contribution is 2.31. The molecular weight excluding hydrogens is 296 g/mol. The van der Waals surface area contributed by atoms with Crippen molar-refractivity contribution < 1.29 is 9.59 Å². The average Bonchev–Trinajstić information content (AvgIpc) is 2.84. The first kappa shape index (κ1) is 15.5. The first-order valence-corrected chi connectivity index (χ1v) is 9.16. The normalized spacial score (nSPS) is 21.9. The Labute approximate surface area is 135 Å². The van der Waals surface area contributed by atoms with Crippen molar-refractivity contribution in [3.8, 4) is 0 Å². The number of likely N-dealkylation sites (N-methyl/N-ethyl adjacent to an activating group) is 1. The third-order valence-electron chi connectivity index (χ3n) is 4.77. The number of piperidine rings is 1. The molecule has 0 aromatic carbocycles. The Morgan fingerprint density at radius 1 is 1.18 bits per heavy atom. The number of carbonyl (C=O) groups excluding carboxylic acids is 2. The maximum Gasteiger partial charge on any atom is 0.264 e. The number of aryl methyl sites for hydroxylation is 2. The molecule has 1 aliphatic carbocycles. The fourth-order valence-corrected chi connectivity index (χ4v) is 4.74. The number of carbonyl (C=O) groups is 2. The van der Waals surface area contributed by atoms with Crippen LogP contribution in [0.1, 0.15) is 58.6 Å². The number of nitrogens with one attached hydrogen (secondary N) is 1. The Morgan fingerprint density at radius 3 is 2.82 bits per heavy atom. The average molecular weight is 320 g/mol. The minimum Gasteiger partial charge on any atom is -0.357 e. The Hall–Kier alpha value is -1.36. The molecule has 1 saturated heterocycles. The van der Waals surface area contributed by atoms with Crippen molar-refractivity contribution in [3.63, 3.8) is 0 Å². The fourth-order valence-electron chi connectivity index (χ4n) is 3.53. The maximum atomic E-state index is 12.9. The summed E-state index contributed by atoms with van der Waals surface area (Å²) in [5.41, 5.74) is 1.36. The van der Waals surface area contributed by atoms with Crippen molar-refractivity contribution in [3.05, 3.63) is 21.4 Å². The van der Waals surface area contributed by atoms with Gasteiger partial charge in [-0.15, -0.1) is 11.3 Å². The van der Waals surface area contributed by atoms with E-state index in [4.69, 9.17) is 0 Å². The zero-order valence-electron chi connectivity index (χ0n) is 13.2. The zero-order valence-corrected chi connectivity index (χ0v) is 14.0. The smallest absolute Gasteiger partial charge is 0.264 e. The van der Waals surface area contributed by atoms with Gasteiger partial charge < -0.3 is 10.2 Å². The van der Waals surface area contributed by atoms with Crippen molar-refractivity contribution in [2.45, 2.75) is 57.4 Å². The van der Waals surface area contributed by atoms with Gasteiger partial charge in [0, 0.05) is 18.5 Å². The molecule has 2 amide bonds. The summed E-state index contributed by atoms with van der Waals surface area (Å²) in [6.45, 7) is 0.694. The first-order chi connectivity index (χ1) is 10.7. The van der Waals surface area contributed by atoms with Crippen molar-refractivity contribution in [2.24, 2.45) is 0 Å². The highest BCUT2D eigenvalue weighted by molar-refractivity contribution is 7.14. The molecule has 1 aliphatic heterocycles. The molecule has 1 N–H and O–H groups in total. The number of thiophene rings is 1. The van der Waals surface area contributed by atoms with Crippen LogP contribution in [0.4, 0.5) is 0 Å². The standard InChI is InChI=1S/C17H24N2O2S/c1-18-16(20)13-8-5-6-10-19(13)17(21)15-11-12-7-3-2-4-9-14(12)22-15/h11,13H,2-10H2,1H3,(H,18,20). The predicted octanol–water partition coefficient (Wildman–Crippen LogP) is 2.76. The molecule has 5 heteroatoms.